The van der Waals surface area contributed by atoms with Crippen LogP contribution >= 0.6 is 34.4 Å². The van der Waals surface area contributed by atoms with Crippen LogP contribution in [-0.4, -0.2) is 11.2 Å². The molecule has 0 unspecified atom stereocenters. The van der Waals surface area contributed by atoms with E-state index in [1.807, 2.05) is 0 Å². The summed E-state index contributed by atoms with van der Waals surface area (Å²) in [6.45, 7) is 2.25. The van der Waals surface area contributed by atoms with Crippen LogP contribution in [-0.2, 0) is 6.42 Å². The topological polar surface area (TPSA) is 24.9 Å². The molecule has 0 saturated carbocycles. The van der Waals surface area contributed by atoms with E-state index in [1.165, 1.54) is 41.0 Å². The summed E-state index contributed by atoms with van der Waals surface area (Å²) in [7, 11) is 0. The van der Waals surface area contributed by atoms with Crippen molar-refractivity contribution in [3.05, 3.63) is 46.7 Å². The highest BCUT2D eigenvalue weighted by Crippen LogP contribution is 2.32. The van der Waals surface area contributed by atoms with Gasteiger partial charge in [0.25, 0.3) is 0 Å². The average Bonchev–Trinajstić information content (AvgIpc) is 3.25. The maximum Gasteiger partial charge on any atom is 0.187 e. The van der Waals surface area contributed by atoms with Gasteiger partial charge in [0, 0.05) is 16.0 Å². The van der Waals surface area contributed by atoms with E-state index >= 15 is 0 Å². The molecule has 3 rings (SSSR count). The molecular formula is C19H22N2S3. The van der Waals surface area contributed by atoms with E-state index in [-0.39, 0.29) is 0 Å². The molecular weight excluding hydrogens is 352 g/mol. The molecule has 0 bridgehead atoms. The molecule has 0 aliphatic rings. The van der Waals surface area contributed by atoms with Crippen molar-refractivity contribution in [2.24, 2.45) is 0 Å². The maximum atomic E-state index is 4.75. The number of thioether (sulfide) groups is 1. The van der Waals surface area contributed by atoms with Crippen molar-refractivity contribution in [2.45, 2.75) is 37.5 Å². The summed E-state index contributed by atoms with van der Waals surface area (Å²) >= 11 is 5.21. The van der Waals surface area contributed by atoms with Gasteiger partial charge in [-0.2, -0.15) is 0 Å². The van der Waals surface area contributed by atoms with E-state index in [2.05, 4.69) is 59.6 Å². The molecule has 2 nitrogen and oxygen atoms in total. The number of hydrogen-bond donors (Lipinski definition) is 1. The highest BCUT2D eigenvalue weighted by atomic mass is 32.2. The van der Waals surface area contributed by atoms with Crippen molar-refractivity contribution in [3.63, 3.8) is 0 Å². The van der Waals surface area contributed by atoms with Crippen LogP contribution in [0.15, 0.2) is 46.0 Å². The van der Waals surface area contributed by atoms with Gasteiger partial charge in [0.05, 0.1) is 10.6 Å². The van der Waals surface area contributed by atoms with Gasteiger partial charge in [0.2, 0.25) is 0 Å². The van der Waals surface area contributed by atoms with Crippen molar-refractivity contribution in [2.75, 3.05) is 11.6 Å². The number of aryl methyl sites for hydroxylation is 1. The third-order valence-electron chi connectivity index (χ3n) is 3.80. The summed E-state index contributed by atoms with van der Waals surface area (Å²) < 4.78 is 0. The fourth-order valence-corrected chi connectivity index (χ4v) is 4.66. The summed E-state index contributed by atoms with van der Waals surface area (Å²) in [6.07, 6.45) is 7.14. The molecule has 0 aliphatic heterocycles. The van der Waals surface area contributed by atoms with Crippen molar-refractivity contribution >= 4 is 45.3 Å². The molecule has 0 radical (unpaired) electrons. The van der Waals surface area contributed by atoms with Gasteiger partial charge in [-0.3, -0.25) is 0 Å². The molecule has 24 heavy (non-hydrogen) atoms. The number of thiophene rings is 1. The Morgan fingerprint density at radius 3 is 2.88 bits per heavy atom. The normalized spacial score (nSPS) is 10.9. The largest absolute Gasteiger partial charge is 0.332 e. The fraction of sp³-hybridized carbons (Fsp3) is 0.316. The first-order valence-corrected chi connectivity index (χ1v) is 11.2. The molecule has 5 heteroatoms. The first-order valence-electron chi connectivity index (χ1n) is 8.23. The quantitative estimate of drug-likeness (QED) is 0.337. The van der Waals surface area contributed by atoms with Crippen molar-refractivity contribution in [1.29, 1.82) is 0 Å². The summed E-state index contributed by atoms with van der Waals surface area (Å²) in [5.41, 5.74) is 3.61. The van der Waals surface area contributed by atoms with Gasteiger partial charge in [-0.25, -0.2) is 4.98 Å². The van der Waals surface area contributed by atoms with E-state index in [0.717, 1.165) is 16.5 Å². The minimum Gasteiger partial charge on any atom is -0.332 e. The predicted octanol–water partition coefficient (Wildman–Crippen LogP) is 7.07. The molecule has 1 N–H and O–H groups in total. The molecule has 0 spiro atoms. The number of unbranched alkanes of at least 4 members (excludes halogenated alkanes) is 2. The van der Waals surface area contributed by atoms with E-state index in [4.69, 9.17) is 4.98 Å². The predicted molar refractivity (Wildman–Crippen MR) is 110 cm³/mol. The third kappa shape index (κ3) is 4.62. The van der Waals surface area contributed by atoms with Gasteiger partial charge in [0.1, 0.15) is 0 Å². The van der Waals surface area contributed by atoms with Crippen LogP contribution in [0.2, 0.25) is 0 Å². The number of nitrogens with one attached hydrogen (secondary N) is 1. The van der Waals surface area contributed by atoms with Gasteiger partial charge >= 0.3 is 0 Å². The van der Waals surface area contributed by atoms with Gasteiger partial charge in [-0.15, -0.1) is 34.4 Å². The standard InChI is InChI=1S/C19H22N2S3/c1-3-4-5-7-14-10-18(23-12-14)17-13-24-19(21-17)20-15-8-6-9-16(11-15)22-2/h6,8-13H,3-5,7H2,1-2H3,(H,20,21). The Kier molecular flexibility index (Phi) is 6.35. The Labute approximate surface area is 156 Å². The van der Waals surface area contributed by atoms with Crippen LogP contribution in [0.25, 0.3) is 10.6 Å². The van der Waals surface area contributed by atoms with E-state index in [9.17, 15) is 0 Å². The summed E-state index contributed by atoms with van der Waals surface area (Å²) in [5, 5.41) is 8.78. The van der Waals surface area contributed by atoms with Crippen LogP contribution in [0.1, 0.15) is 31.7 Å². The number of hydrogen-bond acceptors (Lipinski definition) is 5. The summed E-state index contributed by atoms with van der Waals surface area (Å²) in [6, 6.07) is 10.7. The van der Waals surface area contributed by atoms with Crippen LogP contribution in [0.4, 0.5) is 10.8 Å². The van der Waals surface area contributed by atoms with Crippen molar-refractivity contribution in [3.8, 4) is 10.6 Å². The molecule has 0 amide bonds. The molecule has 1 aromatic carbocycles. The lowest BCUT2D eigenvalue weighted by atomic mass is 10.1. The lowest BCUT2D eigenvalue weighted by Crippen LogP contribution is -1.89. The third-order valence-corrected chi connectivity index (χ3v) is 6.28. The molecule has 126 valence electrons. The molecule has 2 aromatic heterocycles. The molecule has 0 aliphatic carbocycles. The van der Waals surface area contributed by atoms with Gasteiger partial charge < -0.3 is 5.32 Å². The fourth-order valence-electron chi connectivity index (χ4n) is 2.49. The molecule has 2 heterocycles. The van der Waals surface area contributed by atoms with E-state index < -0.39 is 0 Å². The zero-order valence-electron chi connectivity index (χ0n) is 14.0. The Hall–Kier alpha value is -1.30. The van der Waals surface area contributed by atoms with Gasteiger partial charge in [-0.1, -0.05) is 25.8 Å². The van der Waals surface area contributed by atoms with E-state index in [0.29, 0.717) is 0 Å². The second-order valence-electron chi connectivity index (χ2n) is 5.67. The Bertz CT molecular complexity index is 776. The van der Waals surface area contributed by atoms with Crippen molar-refractivity contribution in [1.82, 2.24) is 4.98 Å². The van der Waals surface area contributed by atoms with Crippen LogP contribution in [0.5, 0.6) is 0 Å². The second kappa shape index (κ2) is 8.70. The van der Waals surface area contributed by atoms with Crippen LogP contribution in [0.3, 0.4) is 0 Å². The van der Waals surface area contributed by atoms with Crippen LogP contribution in [0, 0.1) is 0 Å². The average molecular weight is 375 g/mol. The Morgan fingerprint density at radius 2 is 2.04 bits per heavy atom. The minimum atomic E-state index is 0.948. The lowest BCUT2D eigenvalue weighted by Gasteiger charge is -2.03. The minimum absolute atomic E-state index is 0.948. The maximum absolute atomic E-state index is 4.75. The summed E-state index contributed by atoms with van der Waals surface area (Å²) in [5.74, 6) is 0. The number of thiazole rings is 1. The highest BCUT2D eigenvalue weighted by molar-refractivity contribution is 7.98. The molecule has 0 atom stereocenters. The van der Waals surface area contributed by atoms with E-state index in [1.54, 1.807) is 34.4 Å². The number of rotatable bonds is 8. The Morgan fingerprint density at radius 1 is 1.12 bits per heavy atom. The van der Waals surface area contributed by atoms with Crippen molar-refractivity contribution < 1.29 is 0 Å². The second-order valence-corrected chi connectivity index (χ2v) is 8.32. The number of anilines is 2. The summed E-state index contributed by atoms with van der Waals surface area (Å²) in [4.78, 5) is 7.28. The monoisotopic (exact) mass is 374 g/mol. The number of nitrogens with zero attached hydrogens (tertiary/aromatic N) is 1. The molecule has 3 aromatic rings. The SMILES string of the molecule is CCCCCc1csc(-c2csc(Nc3cccc(SC)c3)n2)c1. The van der Waals surface area contributed by atoms with Crippen LogP contribution < -0.4 is 5.32 Å². The Balaban J connectivity index is 1.66. The highest BCUT2D eigenvalue weighted by Gasteiger charge is 2.08. The zero-order valence-corrected chi connectivity index (χ0v) is 16.5. The molecule has 0 fully saturated rings. The first kappa shape index (κ1) is 17.5. The number of aromatic nitrogens is 1. The smallest absolute Gasteiger partial charge is 0.187 e. The molecule has 0 saturated heterocycles. The lowest BCUT2D eigenvalue weighted by molar-refractivity contribution is 0.718. The zero-order chi connectivity index (χ0) is 16.8. The van der Waals surface area contributed by atoms with Gasteiger partial charge in [-0.05, 0) is 54.3 Å². The number of benzene rings is 1. The van der Waals surface area contributed by atoms with Gasteiger partial charge in [0.15, 0.2) is 5.13 Å². The first-order chi connectivity index (χ1) is 11.8.